The largest absolute Gasteiger partial charge is 0.396 e. The van der Waals surface area contributed by atoms with E-state index >= 15 is 0 Å². The molecule has 0 aliphatic heterocycles. The molecule has 0 unspecified atom stereocenters. The molecule has 11 heavy (non-hydrogen) atoms. The molecule has 68 valence electrons. The van der Waals surface area contributed by atoms with Crippen molar-refractivity contribution in [3.8, 4) is 0 Å². The summed E-state index contributed by atoms with van der Waals surface area (Å²) in [5.74, 6) is 0.730. The fourth-order valence-electron chi connectivity index (χ4n) is 0.964. The summed E-state index contributed by atoms with van der Waals surface area (Å²) in [6.07, 6.45) is 2.08. The van der Waals surface area contributed by atoms with Crippen molar-refractivity contribution < 1.29 is 5.11 Å². The van der Waals surface area contributed by atoms with Crippen molar-refractivity contribution in [3.05, 3.63) is 0 Å². The molecule has 0 aromatic rings. The zero-order valence-electron chi connectivity index (χ0n) is 7.93. The fraction of sp³-hybridized carbons (Fsp3) is 1.00. The molecular formula is C9H21NO. The van der Waals surface area contributed by atoms with Crippen molar-refractivity contribution in [2.45, 2.75) is 39.7 Å². The predicted octanol–water partition coefficient (Wildman–Crippen LogP) is 1.39. The average molecular weight is 159 g/mol. The van der Waals surface area contributed by atoms with Crippen LogP contribution in [0.3, 0.4) is 0 Å². The van der Waals surface area contributed by atoms with E-state index in [1.54, 1.807) is 0 Å². The van der Waals surface area contributed by atoms with Crippen molar-refractivity contribution in [2.24, 2.45) is 5.92 Å². The minimum atomic E-state index is 0.292. The number of aliphatic hydroxyl groups excluding tert-OH is 1. The van der Waals surface area contributed by atoms with Crippen LogP contribution in [0, 0.1) is 5.92 Å². The normalized spacial score (nSPS) is 16.4. The summed E-state index contributed by atoms with van der Waals surface area (Å²) >= 11 is 0. The second-order valence-electron chi connectivity index (χ2n) is 3.21. The molecule has 0 saturated heterocycles. The molecule has 0 aromatic heterocycles. The van der Waals surface area contributed by atoms with Crippen molar-refractivity contribution >= 4 is 0 Å². The lowest BCUT2D eigenvalue weighted by molar-refractivity contribution is 0.278. The summed E-state index contributed by atoms with van der Waals surface area (Å²) in [5.41, 5.74) is 0. The van der Waals surface area contributed by atoms with Crippen LogP contribution in [0.25, 0.3) is 0 Å². The van der Waals surface area contributed by atoms with Crippen LogP contribution in [0.15, 0.2) is 0 Å². The van der Waals surface area contributed by atoms with Gasteiger partial charge in [-0.15, -0.1) is 0 Å². The fourth-order valence-corrected chi connectivity index (χ4v) is 0.964. The SMILES string of the molecule is CC[C@H](C)[C@@H](C)NCCCO. The van der Waals surface area contributed by atoms with E-state index in [9.17, 15) is 0 Å². The van der Waals surface area contributed by atoms with Crippen LogP contribution in [0.4, 0.5) is 0 Å². The van der Waals surface area contributed by atoms with Gasteiger partial charge >= 0.3 is 0 Å². The van der Waals surface area contributed by atoms with Crippen LogP contribution in [0.2, 0.25) is 0 Å². The maximum Gasteiger partial charge on any atom is 0.0443 e. The lowest BCUT2D eigenvalue weighted by Crippen LogP contribution is -2.32. The van der Waals surface area contributed by atoms with E-state index in [1.165, 1.54) is 6.42 Å². The molecule has 0 amide bonds. The van der Waals surface area contributed by atoms with E-state index in [2.05, 4.69) is 26.1 Å². The van der Waals surface area contributed by atoms with Gasteiger partial charge in [-0.3, -0.25) is 0 Å². The van der Waals surface area contributed by atoms with Gasteiger partial charge in [0.15, 0.2) is 0 Å². The standard InChI is InChI=1S/C9H21NO/c1-4-8(2)9(3)10-6-5-7-11/h8-11H,4-7H2,1-3H3/t8-,9+/m0/s1. The summed E-state index contributed by atoms with van der Waals surface area (Å²) in [6.45, 7) is 7.87. The minimum absolute atomic E-state index is 0.292. The second-order valence-corrected chi connectivity index (χ2v) is 3.21. The Kier molecular flexibility index (Phi) is 6.57. The van der Waals surface area contributed by atoms with Gasteiger partial charge in [0.2, 0.25) is 0 Å². The van der Waals surface area contributed by atoms with E-state index in [0.29, 0.717) is 12.6 Å². The lowest BCUT2D eigenvalue weighted by Gasteiger charge is -2.19. The highest BCUT2D eigenvalue weighted by Crippen LogP contribution is 2.05. The van der Waals surface area contributed by atoms with Crippen molar-refractivity contribution in [2.75, 3.05) is 13.2 Å². The van der Waals surface area contributed by atoms with Crippen molar-refractivity contribution in [1.82, 2.24) is 5.32 Å². The van der Waals surface area contributed by atoms with Gasteiger partial charge in [0, 0.05) is 12.6 Å². The highest BCUT2D eigenvalue weighted by molar-refractivity contribution is 4.66. The van der Waals surface area contributed by atoms with E-state index in [1.807, 2.05) is 0 Å². The zero-order chi connectivity index (χ0) is 8.69. The Balaban J connectivity index is 3.28. The molecular weight excluding hydrogens is 138 g/mol. The lowest BCUT2D eigenvalue weighted by atomic mass is 10.0. The Morgan fingerprint density at radius 3 is 2.45 bits per heavy atom. The van der Waals surface area contributed by atoms with Gasteiger partial charge in [-0.2, -0.15) is 0 Å². The van der Waals surface area contributed by atoms with E-state index in [-0.39, 0.29) is 0 Å². The number of hydrogen-bond donors (Lipinski definition) is 2. The second kappa shape index (κ2) is 6.62. The minimum Gasteiger partial charge on any atom is -0.396 e. The average Bonchev–Trinajstić information content (AvgIpc) is 2.03. The quantitative estimate of drug-likeness (QED) is 0.574. The molecule has 0 heterocycles. The Hall–Kier alpha value is -0.0800. The third kappa shape index (κ3) is 5.22. The van der Waals surface area contributed by atoms with Crippen molar-refractivity contribution in [3.63, 3.8) is 0 Å². The first kappa shape index (κ1) is 10.9. The highest BCUT2D eigenvalue weighted by Gasteiger charge is 2.07. The Morgan fingerprint density at radius 1 is 1.36 bits per heavy atom. The molecule has 2 heteroatoms. The molecule has 0 saturated carbocycles. The Morgan fingerprint density at radius 2 is 2.00 bits per heavy atom. The summed E-state index contributed by atoms with van der Waals surface area (Å²) < 4.78 is 0. The Labute approximate surface area is 70.0 Å². The third-order valence-electron chi connectivity index (χ3n) is 2.30. The molecule has 0 fully saturated rings. The highest BCUT2D eigenvalue weighted by atomic mass is 16.3. The van der Waals surface area contributed by atoms with Crippen LogP contribution >= 0.6 is 0 Å². The van der Waals surface area contributed by atoms with Gasteiger partial charge in [0.25, 0.3) is 0 Å². The van der Waals surface area contributed by atoms with Crippen LogP contribution < -0.4 is 5.32 Å². The molecule has 0 radical (unpaired) electrons. The number of nitrogens with one attached hydrogen (secondary N) is 1. The first-order valence-corrected chi connectivity index (χ1v) is 4.56. The number of aliphatic hydroxyl groups is 1. The smallest absolute Gasteiger partial charge is 0.0443 e. The maximum atomic E-state index is 8.53. The van der Waals surface area contributed by atoms with Gasteiger partial charge in [-0.05, 0) is 25.8 Å². The van der Waals surface area contributed by atoms with Crippen molar-refractivity contribution in [1.29, 1.82) is 0 Å². The van der Waals surface area contributed by atoms with Gasteiger partial charge in [-0.25, -0.2) is 0 Å². The van der Waals surface area contributed by atoms with Gasteiger partial charge in [-0.1, -0.05) is 20.3 Å². The van der Waals surface area contributed by atoms with E-state index < -0.39 is 0 Å². The molecule has 0 aromatic carbocycles. The summed E-state index contributed by atoms with van der Waals surface area (Å²) in [6, 6.07) is 0.576. The molecule has 0 spiro atoms. The summed E-state index contributed by atoms with van der Waals surface area (Å²) in [5, 5.41) is 11.9. The zero-order valence-corrected chi connectivity index (χ0v) is 7.93. The molecule has 2 N–H and O–H groups in total. The number of rotatable bonds is 6. The topological polar surface area (TPSA) is 32.3 Å². The Bertz CT molecular complexity index is 85.6. The van der Waals surface area contributed by atoms with E-state index in [0.717, 1.165) is 18.9 Å². The van der Waals surface area contributed by atoms with Crippen LogP contribution in [0.5, 0.6) is 0 Å². The molecule has 2 atom stereocenters. The van der Waals surface area contributed by atoms with E-state index in [4.69, 9.17) is 5.11 Å². The molecule has 0 bridgehead atoms. The summed E-state index contributed by atoms with van der Waals surface area (Å²) in [4.78, 5) is 0. The van der Waals surface area contributed by atoms with Gasteiger partial charge in [0.05, 0.1) is 0 Å². The monoisotopic (exact) mass is 159 g/mol. The predicted molar refractivity (Wildman–Crippen MR) is 48.6 cm³/mol. The van der Waals surface area contributed by atoms with Gasteiger partial charge < -0.3 is 10.4 Å². The molecule has 0 aliphatic carbocycles. The first-order chi connectivity index (χ1) is 5.22. The molecule has 0 rings (SSSR count). The first-order valence-electron chi connectivity index (χ1n) is 4.56. The van der Waals surface area contributed by atoms with Crippen LogP contribution in [0.1, 0.15) is 33.6 Å². The molecule has 0 aliphatic rings. The third-order valence-corrected chi connectivity index (χ3v) is 2.30. The van der Waals surface area contributed by atoms with Gasteiger partial charge in [0.1, 0.15) is 0 Å². The maximum absolute atomic E-state index is 8.53. The van der Waals surface area contributed by atoms with Crippen LogP contribution in [-0.4, -0.2) is 24.3 Å². The molecule has 2 nitrogen and oxygen atoms in total. The van der Waals surface area contributed by atoms with Crippen LogP contribution in [-0.2, 0) is 0 Å². The summed E-state index contributed by atoms with van der Waals surface area (Å²) in [7, 11) is 0. The number of hydrogen-bond acceptors (Lipinski definition) is 2.